The van der Waals surface area contributed by atoms with Crippen molar-refractivity contribution in [2.45, 2.75) is 39.1 Å². The molecule has 1 N–H and O–H groups in total. The molecule has 1 aromatic rings. The van der Waals surface area contributed by atoms with Crippen molar-refractivity contribution in [1.82, 2.24) is 0 Å². The fourth-order valence-corrected chi connectivity index (χ4v) is 4.36. The molecule has 126 valence electrons. The first-order valence-electron chi connectivity index (χ1n) is 8.11. The summed E-state index contributed by atoms with van der Waals surface area (Å²) in [5.74, 6) is -2.17. The second kappa shape index (κ2) is 5.31. The monoisotopic (exact) mass is 334 g/mol. The number of nitriles is 3. The van der Waals surface area contributed by atoms with Crippen molar-refractivity contribution in [2.75, 3.05) is 0 Å². The number of ether oxygens (including phenoxy) is 2. The summed E-state index contributed by atoms with van der Waals surface area (Å²) in [5.41, 5.74) is -1.97. The van der Waals surface area contributed by atoms with E-state index in [1.165, 1.54) is 0 Å². The predicted octanol–water partition coefficient (Wildman–Crippen LogP) is 3.36. The summed E-state index contributed by atoms with van der Waals surface area (Å²) in [6.45, 7) is 5.42. The highest BCUT2D eigenvalue weighted by Crippen LogP contribution is 2.67. The Labute approximate surface area is 146 Å². The average molecular weight is 334 g/mol. The van der Waals surface area contributed by atoms with Gasteiger partial charge in [0.05, 0.1) is 24.1 Å². The third-order valence-corrected chi connectivity index (χ3v) is 5.47. The topological polar surface area (TPSA) is 114 Å². The molecular weight excluding hydrogens is 316 g/mol. The minimum absolute atomic E-state index is 0.359. The van der Waals surface area contributed by atoms with E-state index in [2.05, 4.69) is 6.07 Å². The van der Waals surface area contributed by atoms with E-state index >= 15 is 0 Å². The zero-order valence-electron chi connectivity index (χ0n) is 14.3. The molecule has 2 saturated heterocycles. The molecule has 2 heterocycles. The first-order chi connectivity index (χ1) is 11.8. The number of nitrogens with one attached hydrogen (secondary N) is 1. The summed E-state index contributed by atoms with van der Waals surface area (Å²) >= 11 is 0. The van der Waals surface area contributed by atoms with Gasteiger partial charge in [-0.25, -0.2) is 0 Å². The molecule has 4 unspecified atom stereocenters. The van der Waals surface area contributed by atoms with Crippen LogP contribution in [0.3, 0.4) is 0 Å². The highest BCUT2D eigenvalue weighted by Gasteiger charge is 2.78. The largest absolute Gasteiger partial charge is 0.448 e. The average Bonchev–Trinajstić information content (AvgIpc) is 2.77. The van der Waals surface area contributed by atoms with Crippen molar-refractivity contribution in [3.05, 3.63) is 35.4 Å². The smallest absolute Gasteiger partial charge is 0.214 e. The van der Waals surface area contributed by atoms with Gasteiger partial charge in [-0.2, -0.15) is 15.8 Å². The van der Waals surface area contributed by atoms with Gasteiger partial charge in [0.2, 0.25) is 17.1 Å². The quantitative estimate of drug-likeness (QED) is 0.890. The minimum Gasteiger partial charge on any atom is -0.448 e. The van der Waals surface area contributed by atoms with E-state index in [-0.39, 0.29) is 5.90 Å². The van der Waals surface area contributed by atoms with E-state index in [1.807, 2.05) is 44.2 Å². The van der Waals surface area contributed by atoms with Gasteiger partial charge >= 0.3 is 0 Å². The van der Waals surface area contributed by atoms with Crippen LogP contribution in [0.2, 0.25) is 0 Å². The molecule has 0 aromatic heterocycles. The standard InChI is InChI=1S/C19H18N4O2/c1-4-14-17(3)24-15(13-7-5-6-12(2)8-13)18(9-20,10-21)19(14,11-22)16(23)25-17/h5-8,14-15,23H,4H2,1-3H3. The van der Waals surface area contributed by atoms with E-state index in [4.69, 9.17) is 14.9 Å². The summed E-state index contributed by atoms with van der Waals surface area (Å²) in [7, 11) is 0. The van der Waals surface area contributed by atoms with Crippen LogP contribution in [0, 0.1) is 63.1 Å². The Morgan fingerprint density at radius 2 is 1.88 bits per heavy atom. The fraction of sp³-hybridized carbons (Fsp3) is 0.474. The van der Waals surface area contributed by atoms with Gasteiger partial charge in [-0.1, -0.05) is 36.8 Å². The van der Waals surface area contributed by atoms with E-state index in [0.717, 1.165) is 5.56 Å². The highest BCUT2D eigenvalue weighted by atomic mass is 16.7. The van der Waals surface area contributed by atoms with Crippen LogP contribution in [-0.4, -0.2) is 11.7 Å². The van der Waals surface area contributed by atoms with E-state index in [1.54, 1.807) is 13.0 Å². The minimum atomic E-state index is -1.87. The van der Waals surface area contributed by atoms with Gasteiger partial charge < -0.3 is 9.47 Å². The van der Waals surface area contributed by atoms with Gasteiger partial charge in [0.15, 0.2) is 5.41 Å². The van der Waals surface area contributed by atoms with E-state index in [0.29, 0.717) is 12.0 Å². The highest BCUT2D eigenvalue weighted by molar-refractivity contribution is 5.89. The van der Waals surface area contributed by atoms with Crippen molar-refractivity contribution in [1.29, 1.82) is 21.2 Å². The van der Waals surface area contributed by atoms with Crippen LogP contribution >= 0.6 is 0 Å². The lowest BCUT2D eigenvalue weighted by atomic mass is 9.53. The van der Waals surface area contributed by atoms with Crippen LogP contribution in [0.5, 0.6) is 0 Å². The molecule has 2 aliphatic rings. The van der Waals surface area contributed by atoms with Gasteiger partial charge in [-0.15, -0.1) is 0 Å². The second-order valence-corrected chi connectivity index (χ2v) is 6.77. The van der Waals surface area contributed by atoms with Gasteiger partial charge in [0.1, 0.15) is 6.10 Å². The lowest BCUT2D eigenvalue weighted by Crippen LogP contribution is -2.58. The van der Waals surface area contributed by atoms with Crippen LogP contribution < -0.4 is 0 Å². The number of nitrogens with zero attached hydrogens (tertiary/aromatic N) is 3. The van der Waals surface area contributed by atoms with Gasteiger partial charge in [-0.05, 0) is 18.9 Å². The molecule has 0 radical (unpaired) electrons. The van der Waals surface area contributed by atoms with Crippen LogP contribution in [0.15, 0.2) is 24.3 Å². The van der Waals surface area contributed by atoms with Crippen molar-refractivity contribution < 1.29 is 9.47 Å². The van der Waals surface area contributed by atoms with E-state index < -0.39 is 28.6 Å². The van der Waals surface area contributed by atoms with Crippen molar-refractivity contribution in [2.24, 2.45) is 16.7 Å². The van der Waals surface area contributed by atoms with Crippen molar-refractivity contribution in [3.8, 4) is 18.2 Å². The normalized spacial score (nSPS) is 35.1. The maximum absolute atomic E-state index is 10.0. The van der Waals surface area contributed by atoms with E-state index in [9.17, 15) is 15.8 Å². The van der Waals surface area contributed by atoms with Crippen LogP contribution in [0.25, 0.3) is 0 Å². The number of hydrogen-bond donors (Lipinski definition) is 1. The molecule has 3 rings (SSSR count). The van der Waals surface area contributed by atoms with Crippen LogP contribution in [-0.2, 0) is 9.47 Å². The van der Waals surface area contributed by atoms with Gasteiger partial charge in [0, 0.05) is 6.92 Å². The first-order valence-corrected chi connectivity index (χ1v) is 8.11. The summed E-state index contributed by atoms with van der Waals surface area (Å²) in [6, 6.07) is 13.5. The van der Waals surface area contributed by atoms with Crippen molar-refractivity contribution >= 4 is 5.90 Å². The Balaban J connectivity index is 2.34. The maximum Gasteiger partial charge on any atom is 0.214 e. The zero-order chi connectivity index (χ0) is 18.5. The SMILES string of the molecule is CCC1C2(C)OC(=N)C1(C#N)C(C#N)(C#N)C(c1cccc(C)c1)O2. The Morgan fingerprint density at radius 1 is 1.20 bits per heavy atom. The molecule has 2 fully saturated rings. The molecule has 0 spiro atoms. The Kier molecular flexibility index (Phi) is 3.60. The molecule has 6 heteroatoms. The molecule has 0 amide bonds. The third-order valence-electron chi connectivity index (χ3n) is 5.47. The predicted molar refractivity (Wildman–Crippen MR) is 87.7 cm³/mol. The van der Waals surface area contributed by atoms with Crippen LogP contribution in [0.4, 0.5) is 0 Å². The summed E-state index contributed by atoms with van der Waals surface area (Å²) in [5, 5.41) is 38.4. The number of fused-ring (bicyclic) bond motifs is 2. The number of aryl methyl sites for hydroxylation is 1. The molecule has 2 aliphatic heterocycles. The van der Waals surface area contributed by atoms with Gasteiger partial charge in [0.25, 0.3) is 0 Å². The fourth-order valence-electron chi connectivity index (χ4n) is 4.36. The molecule has 2 bridgehead atoms. The molecule has 6 nitrogen and oxygen atoms in total. The maximum atomic E-state index is 10.0. The van der Waals surface area contributed by atoms with Crippen LogP contribution in [0.1, 0.15) is 37.5 Å². The number of hydrogen-bond acceptors (Lipinski definition) is 6. The third kappa shape index (κ3) is 1.82. The molecular formula is C19H18N4O2. The summed E-state index contributed by atoms with van der Waals surface area (Å²) in [4.78, 5) is 0. The molecule has 25 heavy (non-hydrogen) atoms. The summed E-state index contributed by atoms with van der Waals surface area (Å²) < 4.78 is 11.8. The van der Waals surface area contributed by atoms with Gasteiger partial charge in [-0.3, -0.25) is 5.41 Å². The number of benzene rings is 1. The molecule has 1 aromatic carbocycles. The second-order valence-electron chi connectivity index (χ2n) is 6.77. The van der Waals surface area contributed by atoms with Crippen molar-refractivity contribution in [3.63, 3.8) is 0 Å². The lowest BCUT2D eigenvalue weighted by Gasteiger charge is -2.48. The zero-order valence-corrected chi connectivity index (χ0v) is 14.3. The number of rotatable bonds is 2. The Hall–Kier alpha value is -2.88. The first kappa shape index (κ1) is 17.0. The molecule has 4 atom stereocenters. The Bertz CT molecular complexity index is 861. The Morgan fingerprint density at radius 3 is 2.40 bits per heavy atom. The molecule has 0 saturated carbocycles. The summed E-state index contributed by atoms with van der Waals surface area (Å²) in [6.07, 6.45) is -0.546. The lowest BCUT2D eigenvalue weighted by molar-refractivity contribution is -0.273. The molecule has 0 aliphatic carbocycles.